The summed E-state index contributed by atoms with van der Waals surface area (Å²) in [7, 11) is 1.65. The Labute approximate surface area is 213 Å². The minimum atomic E-state index is 0.0527. The molecule has 0 bridgehead atoms. The summed E-state index contributed by atoms with van der Waals surface area (Å²) in [6, 6.07) is 14.3. The molecular weight excluding hydrogens is 456 g/mol. The van der Waals surface area contributed by atoms with E-state index in [0.717, 1.165) is 67.1 Å². The molecule has 1 saturated carbocycles. The van der Waals surface area contributed by atoms with E-state index in [1.807, 2.05) is 47.4 Å². The van der Waals surface area contributed by atoms with Gasteiger partial charge in [0.05, 0.1) is 24.3 Å². The Balaban J connectivity index is 1.65. The van der Waals surface area contributed by atoms with Gasteiger partial charge in [-0.2, -0.15) is 0 Å². The van der Waals surface area contributed by atoms with Gasteiger partial charge in [0, 0.05) is 6.04 Å². The summed E-state index contributed by atoms with van der Waals surface area (Å²) < 4.78 is 11.4. The molecule has 1 amide bonds. The Bertz CT molecular complexity index is 1090. The van der Waals surface area contributed by atoms with E-state index >= 15 is 0 Å². The van der Waals surface area contributed by atoms with E-state index in [2.05, 4.69) is 19.9 Å². The molecule has 5 nitrogen and oxygen atoms in total. The highest BCUT2D eigenvalue weighted by Crippen LogP contribution is 2.39. The number of methoxy groups -OCH3 is 1. The van der Waals surface area contributed by atoms with Crippen molar-refractivity contribution in [2.45, 2.75) is 71.3 Å². The number of benzene rings is 2. The number of aryl methyl sites for hydroxylation is 1. The maximum Gasteiger partial charge on any atom is 0.267 e. The zero-order chi connectivity index (χ0) is 24.6. The Kier molecular flexibility index (Phi) is 8.91. The van der Waals surface area contributed by atoms with Crippen LogP contribution in [0, 0.1) is 0 Å². The fourth-order valence-electron chi connectivity index (χ4n) is 4.62. The van der Waals surface area contributed by atoms with Crippen molar-refractivity contribution in [3.63, 3.8) is 0 Å². The number of thioether (sulfide) groups is 1. The van der Waals surface area contributed by atoms with Gasteiger partial charge in [-0.25, -0.2) is 4.99 Å². The number of amidine groups is 1. The molecule has 0 atom stereocenters. The number of carbonyl (C=O) groups is 1. The smallest absolute Gasteiger partial charge is 0.267 e. The Morgan fingerprint density at radius 1 is 1.09 bits per heavy atom. The summed E-state index contributed by atoms with van der Waals surface area (Å²) >= 11 is 1.48. The highest BCUT2D eigenvalue weighted by atomic mass is 32.2. The van der Waals surface area contributed by atoms with Crippen molar-refractivity contribution in [3.8, 4) is 11.5 Å². The number of ether oxygens (including phenoxy) is 2. The molecule has 2 fully saturated rings. The zero-order valence-electron chi connectivity index (χ0n) is 21.1. The summed E-state index contributed by atoms with van der Waals surface area (Å²) in [5, 5.41) is 0.792. The van der Waals surface area contributed by atoms with Crippen LogP contribution in [-0.2, 0) is 11.2 Å². The first-order valence-corrected chi connectivity index (χ1v) is 13.7. The maximum absolute atomic E-state index is 13.7. The highest BCUT2D eigenvalue weighted by molar-refractivity contribution is 8.18. The van der Waals surface area contributed by atoms with Crippen LogP contribution in [0.5, 0.6) is 11.5 Å². The first kappa shape index (κ1) is 25.4. The number of carbonyl (C=O) groups excluding carboxylic acids is 1. The molecular formula is C29H36N2O3S. The quantitative estimate of drug-likeness (QED) is 0.271. The van der Waals surface area contributed by atoms with Gasteiger partial charge in [0.15, 0.2) is 16.7 Å². The Morgan fingerprint density at radius 2 is 1.89 bits per heavy atom. The summed E-state index contributed by atoms with van der Waals surface area (Å²) in [6.07, 6.45) is 10.6. The molecule has 4 rings (SSSR count). The molecule has 2 aliphatic rings. The lowest BCUT2D eigenvalue weighted by Gasteiger charge is -2.30. The standard InChI is InChI=1S/C29H36N2O3S/c1-4-6-18-34-25-17-16-21(19-26(25)33-3)20-27-28(32)31(23-13-8-7-9-14-23)29(35-27)30-24-15-11-10-12-22(24)5-2/h10-12,15-17,19-20,23H,4-9,13-14,18H2,1-3H3/b27-20+,30-29?. The molecule has 0 spiro atoms. The van der Waals surface area contributed by atoms with Crippen LogP contribution in [0.3, 0.4) is 0 Å². The van der Waals surface area contributed by atoms with E-state index in [-0.39, 0.29) is 11.9 Å². The molecule has 1 aliphatic heterocycles. The molecule has 1 heterocycles. The van der Waals surface area contributed by atoms with Crippen LogP contribution in [0.1, 0.15) is 69.9 Å². The Morgan fingerprint density at radius 3 is 2.63 bits per heavy atom. The largest absolute Gasteiger partial charge is 0.493 e. The third-order valence-corrected chi connectivity index (χ3v) is 7.59. The van der Waals surface area contributed by atoms with Crippen molar-refractivity contribution in [1.82, 2.24) is 4.90 Å². The highest BCUT2D eigenvalue weighted by Gasteiger charge is 2.38. The summed E-state index contributed by atoms with van der Waals surface area (Å²) in [4.78, 5) is 21.3. The van der Waals surface area contributed by atoms with Crippen LogP contribution in [0.4, 0.5) is 5.69 Å². The van der Waals surface area contributed by atoms with Gasteiger partial charge in [-0.3, -0.25) is 9.69 Å². The van der Waals surface area contributed by atoms with Crippen molar-refractivity contribution >= 4 is 34.6 Å². The van der Waals surface area contributed by atoms with Gasteiger partial charge in [0.1, 0.15) is 0 Å². The third kappa shape index (κ3) is 6.10. The fraction of sp³-hybridized carbons (Fsp3) is 0.448. The SMILES string of the molecule is CCCCOc1ccc(/C=C2/SC(=Nc3ccccc3CC)N(C3CCCCC3)C2=O)cc1OC. The zero-order valence-corrected chi connectivity index (χ0v) is 21.9. The van der Waals surface area contributed by atoms with Gasteiger partial charge < -0.3 is 9.47 Å². The molecule has 0 N–H and O–H groups in total. The molecule has 1 saturated heterocycles. The summed E-state index contributed by atoms with van der Waals surface area (Å²) in [5.74, 6) is 1.47. The topological polar surface area (TPSA) is 51.1 Å². The number of unbranched alkanes of at least 4 members (excludes halogenated alkanes) is 1. The number of amides is 1. The molecule has 2 aromatic rings. The van der Waals surface area contributed by atoms with Gasteiger partial charge in [-0.15, -0.1) is 0 Å². The number of hydrogen-bond acceptors (Lipinski definition) is 5. The first-order valence-electron chi connectivity index (χ1n) is 12.8. The van der Waals surface area contributed by atoms with E-state index < -0.39 is 0 Å². The fourth-order valence-corrected chi connectivity index (χ4v) is 5.67. The van der Waals surface area contributed by atoms with Crippen LogP contribution in [-0.4, -0.2) is 35.7 Å². The van der Waals surface area contributed by atoms with Gasteiger partial charge in [0.25, 0.3) is 5.91 Å². The van der Waals surface area contributed by atoms with E-state index in [1.54, 1.807) is 7.11 Å². The van der Waals surface area contributed by atoms with Crippen LogP contribution in [0.2, 0.25) is 0 Å². The van der Waals surface area contributed by atoms with Crippen LogP contribution < -0.4 is 9.47 Å². The molecule has 6 heteroatoms. The monoisotopic (exact) mass is 492 g/mol. The van der Waals surface area contributed by atoms with Gasteiger partial charge >= 0.3 is 0 Å². The molecule has 186 valence electrons. The van der Waals surface area contributed by atoms with Gasteiger partial charge in [0.2, 0.25) is 0 Å². The van der Waals surface area contributed by atoms with Crippen molar-refractivity contribution in [3.05, 3.63) is 58.5 Å². The second kappa shape index (κ2) is 12.3. The normalized spacial score (nSPS) is 19.1. The number of nitrogens with zero attached hydrogens (tertiary/aromatic N) is 2. The minimum Gasteiger partial charge on any atom is -0.493 e. The van der Waals surface area contributed by atoms with E-state index in [9.17, 15) is 4.79 Å². The van der Waals surface area contributed by atoms with Crippen LogP contribution in [0.15, 0.2) is 52.4 Å². The number of rotatable bonds is 9. The lowest BCUT2D eigenvalue weighted by molar-refractivity contribution is -0.124. The first-order chi connectivity index (χ1) is 17.1. The summed E-state index contributed by atoms with van der Waals surface area (Å²) in [5.41, 5.74) is 3.06. The molecule has 1 aliphatic carbocycles. The van der Waals surface area contributed by atoms with E-state index in [4.69, 9.17) is 14.5 Å². The Hall–Kier alpha value is -2.73. The van der Waals surface area contributed by atoms with Crippen molar-refractivity contribution in [2.24, 2.45) is 4.99 Å². The van der Waals surface area contributed by atoms with Crippen molar-refractivity contribution < 1.29 is 14.3 Å². The van der Waals surface area contributed by atoms with Crippen LogP contribution >= 0.6 is 11.8 Å². The van der Waals surface area contributed by atoms with Crippen LogP contribution in [0.25, 0.3) is 6.08 Å². The number of hydrogen-bond donors (Lipinski definition) is 0. The van der Waals surface area contributed by atoms with Gasteiger partial charge in [-0.1, -0.05) is 63.8 Å². The number of aliphatic imine (C=N–C) groups is 1. The van der Waals surface area contributed by atoms with E-state index in [1.165, 1.54) is 23.7 Å². The van der Waals surface area contributed by atoms with Gasteiger partial charge in [-0.05, 0) is 72.8 Å². The molecule has 2 aromatic carbocycles. The predicted octanol–water partition coefficient (Wildman–Crippen LogP) is 7.37. The van der Waals surface area contributed by atoms with E-state index in [0.29, 0.717) is 17.3 Å². The third-order valence-electron chi connectivity index (χ3n) is 6.61. The average molecular weight is 493 g/mol. The van der Waals surface area contributed by atoms with Crippen molar-refractivity contribution in [2.75, 3.05) is 13.7 Å². The van der Waals surface area contributed by atoms with Crippen molar-refractivity contribution in [1.29, 1.82) is 0 Å². The second-order valence-electron chi connectivity index (χ2n) is 9.07. The maximum atomic E-state index is 13.7. The lowest BCUT2D eigenvalue weighted by atomic mass is 9.94. The molecule has 0 radical (unpaired) electrons. The molecule has 35 heavy (non-hydrogen) atoms. The second-order valence-corrected chi connectivity index (χ2v) is 10.1. The summed E-state index contributed by atoms with van der Waals surface area (Å²) in [6.45, 7) is 4.94. The predicted molar refractivity (Wildman–Crippen MR) is 146 cm³/mol. The molecule has 0 unspecified atom stereocenters. The lowest BCUT2D eigenvalue weighted by Crippen LogP contribution is -2.40. The average Bonchev–Trinajstić information content (AvgIpc) is 3.19. The number of para-hydroxylation sites is 1. The minimum absolute atomic E-state index is 0.0527. The molecule has 0 aromatic heterocycles.